The molecule has 1 saturated carbocycles. The number of carbonyl (C=O) groups excluding carboxylic acids is 1. The van der Waals surface area contributed by atoms with Crippen molar-refractivity contribution in [2.45, 2.75) is 56.8 Å². The predicted octanol–water partition coefficient (Wildman–Crippen LogP) is 4.68. The second kappa shape index (κ2) is 10.1. The Morgan fingerprint density at radius 1 is 1.39 bits per heavy atom. The Balaban J connectivity index is 1.69. The summed E-state index contributed by atoms with van der Waals surface area (Å²) in [5.74, 6) is 1.57. The first-order chi connectivity index (χ1) is 11.2. The number of nitrogens with one attached hydrogen (secondary N) is 1. The highest BCUT2D eigenvalue weighted by molar-refractivity contribution is 7.99. The average Bonchev–Trinajstić information content (AvgIpc) is 2.57. The number of thioether (sulfide) groups is 1. The van der Waals surface area contributed by atoms with Crippen molar-refractivity contribution in [2.75, 3.05) is 12.3 Å². The summed E-state index contributed by atoms with van der Waals surface area (Å²) in [6.07, 6.45) is 6.92. The van der Waals surface area contributed by atoms with E-state index in [0.717, 1.165) is 11.0 Å². The van der Waals surface area contributed by atoms with E-state index in [-0.39, 0.29) is 5.91 Å². The third-order valence-corrected chi connectivity index (χ3v) is 5.66. The van der Waals surface area contributed by atoms with Crippen molar-refractivity contribution in [1.29, 1.82) is 0 Å². The third kappa shape index (κ3) is 6.64. The molecule has 128 valence electrons. The van der Waals surface area contributed by atoms with Gasteiger partial charge in [-0.1, -0.05) is 43.9 Å². The smallest absolute Gasteiger partial charge is 0.261 e. The molecule has 23 heavy (non-hydrogen) atoms. The largest absolute Gasteiger partial charge is 0.481 e. The van der Waals surface area contributed by atoms with Crippen LogP contribution in [0.4, 0.5) is 0 Å². The molecule has 0 heterocycles. The van der Waals surface area contributed by atoms with E-state index in [0.29, 0.717) is 23.7 Å². The molecule has 1 atom stereocenters. The van der Waals surface area contributed by atoms with Gasteiger partial charge in [0.15, 0.2) is 6.10 Å². The van der Waals surface area contributed by atoms with E-state index in [9.17, 15) is 4.79 Å². The Labute approximate surface area is 148 Å². The van der Waals surface area contributed by atoms with Gasteiger partial charge in [0.2, 0.25) is 0 Å². The molecular weight excluding hydrogens is 330 g/mol. The van der Waals surface area contributed by atoms with Gasteiger partial charge in [-0.3, -0.25) is 4.79 Å². The molecule has 1 N–H and O–H groups in total. The third-order valence-electron chi connectivity index (χ3n) is 4.04. The normalized spacial score (nSPS) is 16.8. The standard InChI is InChI=1S/C18H26ClNO2S/c1-2-17(22-15-8-6-7-14(19)13-15)18(21)20-11-12-23-16-9-4-3-5-10-16/h6-8,13,16-17H,2-5,9-12H2,1H3,(H,20,21)/t17-/m0/s1. The van der Waals surface area contributed by atoms with E-state index >= 15 is 0 Å². The number of carbonyl (C=O) groups is 1. The Bertz CT molecular complexity index is 492. The van der Waals surface area contributed by atoms with Crippen LogP contribution < -0.4 is 10.1 Å². The molecule has 0 saturated heterocycles. The Morgan fingerprint density at radius 3 is 2.87 bits per heavy atom. The van der Waals surface area contributed by atoms with Crippen molar-refractivity contribution in [1.82, 2.24) is 5.32 Å². The molecule has 1 aliphatic carbocycles. The molecule has 0 aliphatic heterocycles. The number of hydrogen-bond donors (Lipinski definition) is 1. The maximum atomic E-state index is 12.2. The van der Waals surface area contributed by atoms with Crippen molar-refractivity contribution in [3.8, 4) is 5.75 Å². The lowest BCUT2D eigenvalue weighted by molar-refractivity contribution is -0.127. The van der Waals surface area contributed by atoms with Crippen LogP contribution in [-0.4, -0.2) is 29.6 Å². The van der Waals surface area contributed by atoms with Gasteiger partial charge in [-0.15, -0.1) is 0 Å². The molecule has 1 amide bonds. The maximum absolute atomic E-state index is 12.2. The van der Waals surface area contributed by atoms with Gasteiger partial charge in [0.25, 0.3) is 5.91 Å². The number of rotatable bonds is 8. The van der Waals surface area contributed by atoms with Crippen molar-refractivity contribution in [3.05, 3.63) is 29.3 Å². The lowest BCUT2D eigenvalue weighted by Gasteiger charge is -2.21. The Hall–Kier alpha value is -0.870. The highest BCUT2D eigenvalue weighted by Gasteiger charge is 2.18. The summed E-state index contributed by atoms with van der Waals surface area (Å²) < 4.78 is 5.75. The fourth-order valence-corrected chi connectivity index (χ4v) is 4.17. The second-order valence-electron chi connectivity index (χ2n) is 5.89. The van der Waals surface area contributed by atoms with Crippen LogP contribution in [-0.2, 0) is 4.79 Å². The van der Waals surface area contributed by atoms with E-state index in [1.807, 2.05) is 30.8 Å². The molecular formula is C18H26ClNO2S. The Kier molecular flexibility index (Phi) is 8.10. The SMILES string of the molecule is CC[C@H](Oc1cccc(Cl)c1)C(=O)NCCSC1CCCCC1. The zero-order valence-corrected chi connectivity index (χ0v) is 15.3. The summed E-state index contributed by atoms with van der Waals surface area (Å²) >= 11 is 7.94. The van der Waals surface area contributed by atoms with E-state index in [1.165, 1.54) is 32.1 Å². The minimum Gasteiger partial charge on any atom is -0.481 e. The van der Waals surface area contributed by atoms with Gasteiger partial charge in [0.1, 0.15) is 5.75 Å². The first-order valence-electron chi connectivity index (χ1n) is 8.50. The highest BCUT2D eigenvalue weighted by Crippen LogP contribution is 2.27. The maximum Gasteiger partial charge on any atom is 0.261 e. The zero-order valence-electron chi connectivity index (χ0n) is 13.7. The van der Waals surface area contributed by atoms with Crippen molar-refractivity contribution < 1.29 is 9.53 Å². The summed E-state index contributed by atoms with van der Waals surface area (Å²) in [7, 11) is 0. The lowest BCUT2D eigenvalue weighted by atomic mass is 10.0. The molecule has 0 unspecified atom stereocenters. The monoisotopic (exact) mass is 355 g/mol. The van der Waals surface area contributed by atoms with Gasteiger partial charge >= 0.3 is 0 Å². The fraction of sp³-hybridized carbons (Fsp3) is 0.611. The van der Waals surface area contributed by atoms with Gasteiger partial charge in [-0.05, 0) is 37.5 Å². The number of benzene rings is 1. The molecule has 1 aromatic rings. The van der Waals surface area contributed by atoms with E-state index in [1.54, 1.807) is 12.1 Å². The molecule has 0 radical (unpaired) electrons. The van der Waals surface area contributed by atoms with Crippen LogP contribution in [0.1, 0.15) is 45.4 Å². The van der Waals surface area contributed by atoms with Crippen LogP contribution in [0.3, 0.4) is 0 Å². The van der Waals surface area contributed by atoms with Crippen LogP contribution in [0.5, 0.6) is 5.75 Å². The number of ether oxygens (including phenoxy) is 1. The molecule has 0 spiro atoms. The van der Waals surface area contributed by atoms with Gasteiger partial charge in [-0.2, -0.15) is 11.8 Å². The Morgan fingerprint density at radius 2 is 2.17 bits per heavy atom. The topological polar surface area (TPSA) is 38.3 Å². The molecule has 1 aromatic carbocycles. The van der Waals surface area contributed by atoms with E-state index < -0.39 is 6.10 Å². The number of hydrogen-bond acceptors (Lipinski definition) is 3. The summed E-state index contributed by atoms with van der Waals surface area (Å²) in [5, 5.41) is 4.39. The van der Waals surface area contributed by atoms with E-state index in [4.69, 9.17) is 16.3 Å². The van der Waals surface area contributed by atoms with Gasteiger partial charge in [0, 0.05) is 22.6 Å². The molecule has 0 bridgehead atoms. The number of halogens is 1. The fourth-order valence-electron chi connectivity index (χ4n) is 2.77. The highest BCUT2D eigenvalue weighted by atomic mass is 35.5. The van der Waals surface area contributed by atoms with Crippen molar-refractivity contribution >= 4 is 29.3 Å². The van der Waals surface area contributed by atoms with Crippen LogP contribution >= 0.6 is 23.4 Å². The number of amides is 1. The average molecular weight is 356 g/mol. The summed E-state index contributed by atoms with van der Waals surface area (Å²) in [6.45, 7) is 2.65. The lowest BCUT2D eigenvalue weighted by Crippen LogP contribution is -2.39. The van der Waals surface area contributed by atoms with Crippen LogP contribution in [0.2, 0.25) is 5.02 Å². The molecule has 1 aliphatic rings. The first-order valence-corrected chi connectivity index (χ1v) is 9.93. The first kappa shape index (κ1) is 18.5. The van der Waals surface area contributed by atoms with Crippen molar-refractivity contribution in [3.63, 3.8) is 0 Å². The molecule has 2 rings (SSSR count). The van der Waals surface area contributed by atoms with Gasteiger partial charge in [-0.25, -0.2) is 0 Å². The molecule has 5 heteroatoms. The minimum absolute atomic E-state index is 0.0447. The quantitative estimate of drug-likeness (QED) is 0.688. The van der Waals surface area contributed by atoms with Crippen molar-refractivity contribution in [2.24, 2.45) is 0 Å². The molecule has 0 aromatic heterocycles. The summed E-state index contributed by atoms with van der Waals surface area (Å²) in [6, 6.07) is 7.16. The van der Waals surface area contributed by atoms with Gasteiger partial charge in [0.05, 0.1) is 0 Å². The van der Waals surface area contributed by atoms with Crippen LogP contribution in [0, 0.1) is 0 Å². The van der Waals surface area contributed by atoms with E-state index in [2.05, 4.69) is 5.32 Å². The van der Waals surface area contributed by atoms with Crippen LogP contribution in [0.25, 0.3) is 0 Å². The zero-order chi connectivity index (χ0) is 16.5. The summed E-state index contributed by atoms with van der Waals surface area (Å²) in [4.78, 5) is 12.2. The molecule has 1 fully saturated rings. The summed E-state index contributed by atoms with van der Waals surface area (Å²) in [5.41, 5.74) is 0. The minimum atomic E-state index is -0.465. The van der Waals surface area contributed by atoms with Crippen LogP contribution in [0.15, 0.2) is 24.3 Å². The molecule has 3 nitrogen and oxygen atoms in total. The predicted molar refractivity (Wildman–Crippen MR) is 98.5 cm³/mol. The van der Waals surface area contributed by atoms with Gasteiger partial charge < -0.3 is 10.1 Å². The second-order valence-corrected chi connectivity index (χ2v) is 7.74.